The molecule has 0 spiro atoms. The summed E-state index contributed by atoms with van der Waals surface area (Å²) in [6.07, 6.45) is 6.77. The molecule has 146 valence electrons. The van der Waals surface area contributed by atoms with Gasteiger partial charge in [0.2, 0.25) is 0 Å². The van der Waals surface area contributed by atoms with Crippen molar-refractivity contribution in [1.29, 1.82) is 0 Å². The molecule has 1 aliphatic heterocycles. The van der Waals surface area contributed by atoms with Crippen molar-refractivity contribution in [2.75, 3.05) is 18.5 Å². The van der Waals surface area contributed by atoms with Crippen LogP contribution in [0, 0.1) is 19.3 Å². The SMILES string of the molecule is C#CCN1C(=O)S/C(=C/c2ccccc2OCC(=O)Nc2ccc(C)cc2)C1=O. The number of aryl methyl sites for hydroxylation is 1. The van der Waals surface area contributed by atoms with Gasteiger partial charge in [0.15, 0.2) is 6.61 Å². The number of para-hydroxylation sites is 1. The van der Waals surface area contributed by atoms with Crippen LogP contribution in [0.2, 0.25) is 0 Å². The summed E-state index contributed by atoms with van der Waals surface area (Å²) in [5, 5.41) is 2.35. The molecule has 0 bridgehead atoms. The molecular weight excluding hydrogens is 388 g/mol. The number of nitrogens with zero attached hydrogens (tertiary/aromatic N) is 1. The van der Waals surface area contributed by atoms with Crippen LogP contribution in [0.5, 0.6) is 5.75 Å². The Morgan fingerprint density at radius 1 is 1.21 bits per heavy atom. The van der Waals surface area contributed by atoms with Crippen LogP contribution in [0.3, 0.4) is 0 Å². The lowest BCUT2D eigenvalue weighted by Crippen LogP contribution is -2.28. The van der Waals surface area contributed by atoms with Crippen LogP contribution >= 0.6 is 11.8 Å². The van der Waals surface area contributed by atoms with Gasteiger partial charge in [0.05, 0.1) is 11.4 Å². The lowest BCUT2D eigenvalue weighted by molar-refractivity contribution is -0.122. The van der Waals surface area contributed by atoms with E-state index in [1.807, 2.05) is 31.2 Å². The predicted molar refractivity (Wildman–Crippen MR) is 113 cm³/mol. The first kappa shape index (κ1) is 20.2. The lowest BCUT2D eigenvalue weighted by atomic mass is 10.2. The van der Waals surface area contributed by atoms with Crippen molar-refractivity contribution in [2.45, 2.75) is 6.92 Å². The molecule has 6 nitrogen and oxygen atoms in total. The van der Waals surface area contributed by atoms with Crippen LogP contribution in [0.4, 0.5) is 10.5 Å². The van der Waals surface area contributed by atoms with E-state index < -0.39 is 11.1 Å². The fourth-order valence-corrected chi connectivity index (χ4v) is 3.41. The molecule has 1 saturated heterocycles. The van der Waals surface area contributed by atoms with Gasteiger partial charge in [0.1, 0.15) is 5.75 Å². The van der Waals surface area contributed by atoms with Crippen molar-refractivity contribution in [3.63, 3.8) is 0 Å². The summed E-state index contributed by atoms with van der Waals surface area (Å²) in [6.45, 7) is 1.70. The van der Waals surface area contributed by atoms with Gasteiger partial charge in [-0.15, -0.1) is 6.42 Å². The summed E-state index contributed by atoms with van der Waals surface area (Å²) < 4.78 is 5.63. The molecule has 0 aromatic heterocycles. The third kappa shape index (κ3) is 5.06. The van der Waals surface area contributed by atoms with Gasteiger partial charge in [0, 0.05) is 11.3 Å². The second-order valence-corrected chi connectivity index (χ2v) is 7.21. The molecule has 0 saturated carbocycles. The second-order valence-electron chi connectivity index (χ2n) is 6.21. The molecule has 0 unspecified atom stereocenters. The fraction of sp³-hybridized carbons (Fsp3) is 0.136. The van der Waals surface area contributed by atoms with Crippen molar-refractivity contribution >= 4 is 40.6 Å². The number of rotatable bonds is 6. The average molecular weight is 406 g/mol. The lowest BCUT2D eigenvalue weighted by Gasteiger charge is -2.10. The number of imide groups is 1. The zero-order valence-corrected chi connectivity index (χ0v) is 16.5. The minimum Gasteiger partial charge on any atom is -0.483 e. The summed E-state index contributed by atoms with van der Waals surface area (Å²) in [6, 6.07) is 14.4. The highest BCUT2D eigenvalue weighted by molar-refractivity contribution is 8.18. The Hall–Kier alpha value is -3.50. The summed E-state index contributed by atoms with van der Waals surface area (Å²) in [5.41, 5.74) is 2.36. The average Bonchev–Trinajstić information content (AvgIpc) is 2.97. The molecular formula is C22H18N2O4S. The molecule has 3 amide bonds. The number of ether oxygens (including phenoxy) is 1. The van der Waals surface area contributed by atoms with Crippen molar-refractivity contribution in [2.24, 2.45) is 0 Å². The molecule has 3 rings (SSSR count). The van der Waals surface area contributed by atoms with E-state index in [0.29, 0.717) is 17.0 Å². The molecule has 7 heteroatoms. The Morgan fingerprint density at radius 2 is 1.93 bits per heavy atom. The van der Waals surface area contributed by atoms with Gasteiger partial charge in [-0.05, 0) is 43.0 Å². The maximum absolute atomic E-state index is 12.3. The first-order chi connectivity index (χ1) is 14.0. The van der Waals surface area contributed by atoms with E-state index in [9.17, 15) is 14.4 Å². The van der Waals surface area contributed by atoms with Crippen molar-refractivity contribution < 1.29 is 19.1 Å². The Morgan fingerprint density at radius 3 is 2.66 bits per heavy atom. The summed E-state index contributed by atoms with van der Waals surface area (Å²) in [5.74, 6) is 1.98. The molecule has 1 heterocycles. The topological polar surface area (TPSA) is 75.7 Å². The maximum atomic E-state index is 12.3. The number of terminal acetylenes is 1. The third-order valence-corrected chi connectivity index (χ3v) is 4.93. The number of nitrogens with one attached hydrogen (secondary N) is 1. The van der Waals surface area contributed by atoms with Crippen LogP contribution in [0.1, 0.15) is 11.1 Å². The first-order valence-electron chi connectivity index (χ1n) is 8.75. The highest BCUT2D eigenvalue weighted by Crippen LogP contribution is 2.33. The molecule has 2 aromatic carbocycles. The molecule has 1 fully saturated rings. The van der Waals surface area contributed by atoms with E-state index in [1.54, 1.807) is 30.3 Å². The van der Waals surface area contributed by atoms with E-state index >= 15 is 0 Å². The zero-order valence-electron chi connectivity index (χ0n) is 15.7. The molecule has 1 N–H and O–H groups in total. The van der Waals surface area contributed by atoms with Gasteiger partial charge in [-0.2, -0.15) is 0 Å². The summed E-state index contributed by atoms with van der Waals surface area (Å²) >= 11 is 0.821. The number of hydrogen-bond donors (Lipinski definition) is 1. The van der Waals surface area contributed by atoms with Crippen LogP contribution in [0.25, 0.3) is 6.08 Å². The Kier molecular flexibility index (Phi) is 6.37. The Bertz CT molecular complexity index is 1020. The number of anilines is 1. The monoisotopic (exact) mass is 406 g/mol. The van der Waals surface area contributed by atoms with Crippen LogP contribution < -0.4 is 10.1 Å². The van der Waals surface area contributed by atoms with Crippen LogP contribution in [0.15, 0.2) is 53.4 Å². The Balaban J connectivity index is 1.69. The Labute approximate surface area is 172 Å². The smallest absolute Gasteiger partial charge is 0.294 e. The van der Waals surface area contributed by atoms with Gasteiger partial charge in [-0.25, -0.2) is 0 Å². The third-order valence-electron chi connectivity index (χ3n) is 4.02. The number of amides is 3. The number of carbonyl (C=O) groups is 3. The van der Waals surface area contributed by atoms with E-state index in [2.05, 4.69) is 11.2 Å². The quantitative estimate of drug-likeness (QED) is 0.585. The zero-order chi connectivity index (χ0) is 20.8. The minimum absolute atomic E-state index is 0.0701. The number of carbonyl (C=O) groups excluding carboxylic acids is 3. The molecule has 0 aliphatic carbocycles. The maximum Gasteiger partial charge on any atom is 0.294 e. The first-order valence-corrected chi connectivity index (χ1v) is 9.57. The van der Waals surface area contributed by atoms with Gasteiger partial charge in [-0.3, -0.25) is 19.3 Å². The van der Waals surface area contributed by atoms with Crippen LogP contribution in [-0.2, 0) is 9.59 Å². The van der Waals surface area contributed by atoms with Gasteiger partial charge in [0.25, 0.3) is 17.1 Å². The largest absolute Gasteiger partial charge is 0.483 e. The predicted octanol–water partition coefficient (Wildman–Crippen LogP) is 3.68. The van der Waals surface area contributed by atoms with Gasteiger partial charge in [-0.1, -0.05) is 41.8 Å². The van der Waals surface area contributed by atoms with E-state index in [4.69, 9.17) is 11.2 Å². The highest BCUT2D eigenvalue weighted by atomic mass is 32.2. The summed E-state index contributed by atoms with van der Waals surface area (Å²) in [7, 11) is 0. The van der Waals surface area contributed by atoms with E-state index in [0.717, 1.165) is 22.2 Å². The molecule has 0 atom stereocenters. The standard InChI is InChI=1S/C22H18N2O4S/c1-3-12-24-21(26)19(29-22(24)27)13-16-6-4-5-7-18(16)28-14-20(25)23-17-10-8-15(2)9-11-17/h1,4-11,13H,12,14H2,2H3,(H,23,25)/b19-13+. The minimum atomic E-state index is -0.440. The second kappa shape index (κ2) is 9.13. The number of benzene rings is 2. The molecule has 29 heavy (non-hydrogen) atoms. The van der Waals surface area contributed by atoms with Crippen molar-refractivity contribution in [3.8, 4) is 18.1 Å². The number of thioether (sulfide) groups is 1. The van der Waals surface area contributed by atoms with E-state index in [1.165, 1.54) is 0 Å². The van der Waals surface area contributed by atoms with Gasteiger partial charge >= 0.3 is 0 Å². The molecule has 2 aromatic rings. The molecule has 0 radical (unpaired) electrons. The van der Waals surface area contributed by atoms with E-state index in [-0.39, 0.29) is 24.0 Å². The van der Waals surface area contributed by atoms with Crippen LogP contribution in [-0.4, -0.2) is 35.1 Å². The number of hydrogen-bond acceptors (Lipinski definition) is 5. The molecule has 1 aliphatic rings. The van der Waals surface area contributed by atoms with Gasteiger partial charge < -0.3 is 10.1 Å². The van der Waals surface area contributed by atoms with Crippen molar-refractivity contribution in [3.05, 3.63) is 64.6 Å². The normalized spacial score (nSPS) is 14.8. The highest BCUT2D eigenvalue weighted by Gasteiger charge is 2.34. The fourth-order valence-electron chi connectivity index (χ4n) is 2.58. The summed E-state index contributed by atoms with van der Waals surface area (Å²) in [4.78, 5) is 37.7. The van der Waals surface area contributed by atoms with Crippen molar-refractivity contribution in [1.82, 2.24) is 4.90 Å².